The monoisotopic (exact) mass is 455 g/mol. The molecule has 4 rings (SSSR count). The maximum Gasteiger partial charge on any atom is 0.294 e. The lowest BCUT2D eigenvalue weighted by molar-refractivity contribution is 0.0950. The van der Waals surface area contributed by atoms with Crippen molar-refractivity contribution in [2.45, 2.75) is 20.0 Å². The van der Waals surface area contributed by atoms with Crippen LogP contribution in [0.25, 0.3) is 0 Å². The summed E-state index contributed by atoms with van der Waals surface area (Å²) in [6.07, 6.45) is 3.21. The molecule has 0 bridgehead atoms. The van der Waals surface area contributed by atoms with Crippen molar-refractivity contribution in [2.75, 3.05) is 11.9 Å². The SMILES string of the molecule is CCOc1cnn(Cc2ccccc2)c(=O)c1Nc1cccc(C(=O)NCc2ccccn2)c1. The lowest BCUT2D eigenvalue weighted by Gasteiger charge is -2.14. The number of hydrogen-bond acceptors (Lipinski definition) is 6. The van der Waals surface area contributed by atoms with E-state index in [2.05, 4.69) is 20.7 Å². The Morgan fingerprint density at radius 2 is 1.85 bits per heavy atom. The first-order valence-electron chi connectivity index (χ1n) is 11.0. The first-order chi connectivity index (χ1) is 16.6. The number of anilines is 2. The molecule has 8 nitrogen and oxygen atoms in total. The third kappa shape index (κ3) is 5.66. The van der Waals surface area contributed by atoms with Crippen LogP contribution in [-0.2, 0) is 13.1 Å². The molecule has 2 N–H and O–H groups in total. The maximum atomic E-state index is 13.2. The van der Waals surface area contributed by atoms with E-state index in [1.54, 1.807) is 30.5 Å². The van der Waals surface area contributed by atoms with Gasteiger partial charge >= 0.3 is 0 Å². The smallest absolute Gasteiger partial charge is 0.294 e. The molecule has 0 aliphatic heterocycles. The Hall–Kier alpha value is -4.46. The molecule has 0 saturated heterocycles. The van der Waals surface area contributed by atoms with E-state index in [0.29, 0.717) is 36.7 Å². The summed E-state index contributed by atoms with van der Waals surface area (Å²) in [6.45, 7) is 2.87. The topological polar surface area (TPSA) is 98.1 Å². The molecule has 0 radical (unpaired) electrons. The number of carbonyl (C=O) groups excluding carboxylic acids is 1. The van der Waals surface area contributed by atoms with Gasteiger partial charge < -0.3 is 15.4 Å². The lowest BCUT2D eigenvalue weighted by atomic mass is 10.2. The first kappa shape index (κ1) is 22.7. The average Bonchev–Trinajstić information content (AvgIpc) is 2.88. The summed E-state index contributed by atoms with van der Waals surface area (Å²) in [7, 11) is 0. The normalized spacial score (nSPS) is 10.5. The molecule has 0 saturated carbocycles. The van der Waals surface area contributed by atoms with E-state index in [1.165, 1.54) is 10.9 Å². The quantitative estimate of drug-likeness (QED) is 0.399. The van der Waals surface area contributed by atoms with Crippen molar-refractivity contribution in [3.05, 3.63) is 112 Å². The molecule has 0 atom stereocenters. The number of carbonyl (C=O) groups is 1. The molecule has 2 aromatic heterocycles. The summed E-state index contributed by atoms with van der Waals surface area (Å²) in [5, 5.41) is 10.2. The molecule has 0 spiro atoms. The Morgan fingerprint density at radius 3 is 2.62 bits per heavy atom. The van der Waals surface area contributed by atoms with Crippen LogP contribution in [-0.4, -0.2) is 27.3 Å². The molecular weight excluding hydrogens is 430 g/mol. The second-order valence-corrected chi connectivity index (χ2v) is 7.47. The van der Waals surface area contributed by atoms with Crippen LogP contribution in [0.1, 0.15) is 28.5 Å². The number of ether oxygens (including phenoxy) is 1. The summed E-state index contributed by atoms with van der Waals surface area (Å²) in [6, 6.07) is 22.1. The predicted octanol–water partition coefficient (Wildman–Crippen LogP) is 3.76. The third-order valence-electron chi connectivity index (χ3n) is 5.03. The van der Waals surface area contributed by atoms with Crippen molar-refractivity contribution < 1.29 is 9.53 Å². The largest absolute Gasteiger partial charge is 0.490 e. The zero-order chi connectivity index (χ0) is 23.8. The van der Waals surface area contributed by atoms with Crippen molar-refractivity contribution in [1.82, 2.24) is 20.1 Å². The van der Waals surface area contributed by atoms with E-state index in [9.17, 15) is 9.59 Å². The highest BCUT2D eigenvalue weighted by Gasteiger charge is 2.14. The molecule has 1 amide bonds. The van der Waals surface area contributed by atoms with Gasteiger partial charge in [0.2, 0.25) is 0 Å². The number of rotatable bonds is 9. The number of hydrogen-bond donors (Lipinski definition) is 2. The Balaban J connectivity index is 1.55. The van der Waals surface area contributed by atoms with Crippen LogP contribution in [0.4, 0.5) is 11.4 Å². The summed E-state index contributed by atoms with van der Waals surface area (Å²) in [5.74, 6) is 0.109. The summed E-state index contributed by atoms with van der Waals surface area (Å²) in [4.78, 5) is 30.1. The minimum atomic E-state index is -0.320. The Labute approximate surface area is 197 Å². The molecule has 2 aromatic carbocycles. The maximum absolute atomic E-state index is 13.2. The number of aromatic nitrogens is 3. The average molecular weight is 456 g/mol. The van der Waals surface area contributed by atoms with Gasteiger partial charge in [-0.2, -0.15) is 5.10 Å². The van der Waals surface area contributed by atoms with Crippen molar-refractivity contribution >= 4 is 17.3 Å². The van der Waals surface area contributed by atoms with Crippen molar-refractivity contribution in [3.8, 4) is 5.75 Å². The fraction of sp³-hybridized carbons (Fsp3) is 0.154. The van der Waals surface area contributed by atoms with Crippen LogP contribution in [0.5, 0.6) is 5.75 Å². The van der Waals surface area contributed by atoms with Crippen LogP contribution < -0.4 is 20.9 Å². The first-order valence-corrected chi connectivity index (χ1v) is 11.0. The van der Waals surface area contributed by atoms with Gasteiger partial charge in [0.25, 0.3) is 11.5 Å². The van der Waals surface area contributed by atoms with Gasteiger partial charge in [-0.25, -0.2) is 4.68 Å². The number of benzene rings is 2. The third-order valence-corrected chi connectivity index (χ3v) is 5.03. The molecule has 0 aliphatic carbocycles. The van der Waals surface area contributed by atoms with Gasteiger partial charge in [-0.3, -0.25) is 14.6 Å². The highest BCUT2D eigenvalue weighted by Crippen LogP contribution is 2.24. The van der Waals surface area contributed by atoms with Crippen LogP contribution >= 0.6 is 0 Å². The van der Waals surface area contributed by atoms with E-state index >= 15 is 0 Å². The van der Waals surface area contributed by atoms with Crippen molar-refractivity contribution in [3.63, 3.8) is 0 Å². The minimum Gasteiger partial charge on any atom is -0.490 e. The fourth-order valence-corrected chi connectivity index (χ4v) is 3.38. The summed E-state index contributed by atoms with van der Waals surface area (Å²) >= 11 is 0. The van der Waals surface area contributed by atoms with Crippen molar-refractivity contribution in [1.29, 1.82) is 0 Å². The van der Waals surface area contributed by atoms with E-state index in [4.69, 9.17) is 4.74 Å². The molecular formula is C26H25N5O3. The van der Waals surface area contributed by atoms with Crippen LogP contribution in [0.3, 0.4) is 0 Å². The molecule has 0 aliphatic rings. The molecule has 2 heterocycles. The Morgan fingerprint density at radius 1 is 1.03 bits per heavy atom. The van der Waals surface area contributed by atoms with Gasteiger partial charge in [-0.05, 0) is 42.8 Å². The molecule has 0 fully saturated rings. The summed E-state index contributed by atoms with van der Waals surface area (Å²) < 4.78 is 7.01. The minimum absolute atomic E-state index is 0.240. The number of nitrogens with one attached hydrogen (secondary N) is 2. The fourth-order valence-electron chi connectivity index (χ4n) is 3.38. The van der Waals surface area contributed by atoms with E-state index < -0.39 is 0 Å². The van der Waals surface area contributed by atoms with Crippen LogP contribution in [0.15, 0.2) is 90.0 Å². The predicted molar refractivity (Wildman–Crippen MR) is 130 cm³/mol. The number of amides is 1. The van der Waals surface area contributed by atoms with Crippen LogP contribution in [0, 0.1) is 0 Å². The molecule has 8 heteroatoms. The van der Waals surface area contributed by atoms with Gasteiger partial charge in [-0.15, -0.1) is 0 Å². The van der Waals surface area contributed by atoms with E-state index in [0.717, 1.165) is 11.3 Å². The molecule has 4 aromatic rings. The van der Waals surface area contributed by atoms with Gasteiger partial charge in [0.05, 0.1) is 31.6 Å². The molecule has 172 valence electrons. The van der Waals surface area contributed by atoms with Gasteiger partial charge in [0.15, 0.2) is 11.4 Å². The second kappa shape index (κ2) is 10.9. The second-order valence-electron chi connectivity index (χ2n) is 7.47. The Kier molecular flexibility index (Phi) is 7.29. The van der Waals surface area contributed by atoms with Crippen molar-refractivity contribution in [2.24, 2.45) is 0 Å². The van der Waals surface area contributed by atoms with Gasteiger partial charge in [0, 0.05) is 17.4 Å². The van der Waals surface area contributed by atoms with Gasteiger partial charge in [-0.1, -0.05) is 42.5 Å². The Bertz CT molecular complexity index is 1310. The molecule has 34 heavy (non-hydrogen) atoms. The van der Waals surface area contributed by atoms with Gasteiger partial charge in [0.1, 0.15) is 0 Å². The van der Waals surface area contributed by atoms with E-state index in [1.807, 2.05) is 55.5 Å². The van der Waals surface area contributed by atoms with Crippen LogP contribution in [0.2, 0.25) is 0 Å². The lowest BCUT2D eigenvalue weighted by Crippen LogP contribution is -2.26. The highest BCUT2D eigenvalue weighted by molar-refractivity contribution is 5.95. The standard InChI is InChI=1S/C26H25N5O3/c1-2-34-23-17-29-31(18-19-9-4-3-5-10-19)26(33)24(23)30-21-13-8-11-20(15-21)25(32)28-16-22-12-6-7-14-27-22/h3-15,17,30H,2,16,18H2,1H3,(H,28,32). The zero-order valence-corrected chi connectivity index (χ0v) is 18.8. The highest BCUT2D eigenvalue weighted by atomic mass is 16.5. The zero-order valence-electron chi connectivity index (χ0n) is 18.8. The number of nitrogens with zero attached hydrogens (tertiary/aromatic N) is 3. The van der Waals surface area contributed by atoms with E-state index in [-0.39, 0.29) is 17.2 Å². The number of pyridine rings is 1. The summed E-state index contributed by atoms with van der Waals surface area (Å²) in [5.41, 5.74) is 2.71. The molecule has 0 unspecified atom stereocenters.